The number of esters is 1. The number of tetrazole rings is 1. The van der Waals surface area contributed by atoms with Gasteiger partial charge in [-0.2, -0.15) is 5.21 Å². The van der Waals surface area contributed by atoms with Gasteiger partial charge in [0, 0.05) is 0 Å². The van der Waals surface area contributed by atoms with E-state index in [2.05, 4.69) is 30.7 Å². The van der Waals surface area contributed by atoms with Gasteiger partial charge in [0.2, 0.25) is 0 Å². The van der Waals surface area contributed by atoms with E-state index in [1.165, 1.54) is 7.11 Å². The Morgan fingerprint density at radius 2 is 2.05 bits per heavy atom. The molecule has 1 atom stereocenters. The summed E-state index contributed by atoms with van der Waals surface area (Å²) >= 11 is 0. The van der Waals surface area contributed by atoms with Gasteiger partial charge < -0.3 is 10.1 Å². The van der Waals surface area contributed by atoms with Crippen LogP contribution in [0.15, 0.2) is 30.3 Å². The van der Waals surface area contributed by atoms with Crippen LogP contribution in [-0.2, 0) is 9.53 Å². The Balaban J connectivity index is 2.20. The van der Waals surface area contributed by atoms with Gasteiger partial charge in [-0.05, 0) is 10.8 Å². The highest BCUT2D eigenvalue weighted by Gasteiger charge is 2.25. The average Bonchev–Trinajstić information content (AvgIpc) is 2.99. The van der Waals surface area contributed by atoms with Crippen LogP contribution in [0.25, 0.3) is 0 Å². The summed E-state index contributed by atoms with van der Waals surface area (Å²) < 4.78 is 4.67. The summed E-state index contributed by atoms with van der Waals surface area (Å²) in [5.74, 6) is -1.35. The van der Waals surface area contributed by atoms with Crippen LogP contribution in [0.5, 0.6) is 0 Å². The van der Waals surface area contributed by atoms with Crippen molar-refractivity contribution >= 4 is 11.9 Å². The fraction of sp³-hybridized carbons (Fsp3) is 0.182. The molecular formula is C11H11N5O3. The van der Waals surface area contributed by atoms with Crippen LogP contribution >= 0.6 is 0 Å². The molecule has 2 aromatic rings. The molecule has 19 heavy (non-hydrogen) atoms. The van der Waals surface area contributed by atoms with Crippen LogP contribution < -0.4 is 5.32 Å². The fourth-order valence-corrected chi connectivity index (χ4v) is 1.50. The zero-order valence-electron chi connectivity index (χ0n) is 10.0. The Bertz CT molecular complexity index is 555. The fourth-order valence-electron chi connectivity index (χ4n) is 1.50. The predicted molar refractivity (Wildman–Crippen MR) is 62.8 cm³/mol. The monoisotopic (exact) mass is 261 g/mol. The molecular weight excluding hydrogens is 250 g/mol. The minimum Gasteiger partial charge on any atom is -0.467 e. The van der Waals surface area contributed by atoms with E-state index < -0.39 is 17.9 Å². The smallest absolute Gasteiger partial charge is 0.333 e. The van der Waals surface area contributed by atoms with E-state index in [1.54, 1.807) is 30.3 Å². The zero-order chi connectivity index (χ0) is 13.7. The van der Waals surface area contributed by atoms with Gasteiger partial charge >= 0.3 is 5.97 Å². The molecule has 8 nitrogen and oxygen atoms in total. The molecule has 0 fully saturated rings. The number of aromatic amines is 1. The van der Waals surface area contributed by atoms with Crippen molar-refractivity contribution in [1.29, 1.82) is 0 Å². The average molecular weight is 261 g/mol. The summed E-state index contributed by atoms with van der Waals surface area (Å²) in [5.41, 5.74) is 0.603. The molecule has 1 aromatic heterocycles. The first-order valence-electron chi connectivity index (χ1n) is 5.39. The van der Waals surface area contributed by atoms with Crippen molar-refractivity contribution in [2.45, 2.75) is 6.04 Å². The van der Waals surface area contributed by atoms with Gasteiger partial charge in [0.1, 0.15) is 0 Å². The number of methoxy groups -OCH3 is 1. The van der Waals surface area contributed by atoms with Crippen LogP contribution in [0.4, 0.5) is 0 Å². The Morgan fingerprint density at radius 3 is 2.63 bits per heavy atom. The molecule has 0 aliphatic carbocycles. The summed E-state index contributed by atoms with van der Waals surface area (Å²) in [7, 11) is 1.25. The molecule has 0 saturated heterocycles. The van der Waals surface area contributed by atoms with Crippen molar-refractivity contribution in [3.8, 4) is 0 Å². The van der Waals surface area contributed by atoms with Crippen LogP contribution in [0.2, 0.25) is 0 Å². The lowest BCUT2D eigenvalue weighted by Crippen LogP contribution is -2.35. The van der Waals surface area contributed by atoms with Crippen molar-refractivity contribution in [3.63, 3.8) is 0 Å². The second kappa shape index (κ2) is 5.71. The normalized spacial score (nSPS) is 11.6. The summed E-state index contributed by atoms with van der Waals surface area (Å²) in [6.07, 6.45) is 0. The molecule has 0 saturated carbocycles. The molecule has 98 valence electrons. The molecule has 0 bridgehead atoms. The van der Waals surface area contributed by atoms with Gasteiger partial charge in [-0.1, -0.05) is 30.3 Å². The van der Waals surface area contributed by atoms with Crippen molar-refractivity contribution in [2.24, 2.45) is 0 Å². The summed E-state index contributed by atoms with van der Waals surface area (Å²) in [5, 5.41) is 15.0. The lowest BCUT2D eigenvalue weighted by molar-refractivity contribution is -0.143. The molecule has 0 aliphatic rings. The van der Waals surface area contributed by atoms with Gasteiger partial charge in [0.15, 0.2) is 6.04 Å². The van der Waals surface area contributed by atoms with Crippen LogP contribution in [0.1, 0.15) is 22.2 Å². The topological polar surface area (TPSA) is 110 Å². The van der Waals surface area contributed by atoms with Gasteiger partial charge in [0.05, 0.1) is 7.11 Å². The molecule has 0 aliphatic heterocycles. The molecule has 0 spiro atoms. The molecule has 2 N–H and O–H groups in total. The molecule has 8 heteroatoms. The Hall–Kier alpha value is -2.77. The van der Waals surface area contributed by atoms with E-state index in [0.29, 0.717) is 5.56 Å². The number of carbonyl (C=O) groups is 2. The number of benzene rings is 1. The highest BCUT2D eigenvalue weighted by Crippen LogP contribution is 2.14. The number of rotatable bonds is 4. The number of carbonyl (C=O) groups excluding carboxylic acids is 2. The maximum absolute atomic E-state index is 11.8. The summed E-state index contributed by atoms with van der Waals surface area (Å²) in [4.78, 5) is 23.5. The predicted octanol–water partition coefficient (Wildman–Crippen LogP) is -0.156. The third-order valence-corrected chi connectivity index (χ3v) is 2.39. The second-order valence-corrected chi connectivity index (χ2v) is 3.58. The van der Waals surface area contributed by atoms with Crippen LogP contribution in [0.3, 0.4) is 0 Å². The first-order valence-corrected chi connectivity index (χ1v) is 5.39. The Morgan fingerprint density at radius 1 is 1.32 bits per heavy atom. The first kappa shape index (κ1) is 12.7. The zero-order valence-corrected chi connectivity index (χ0v) is 10.0. The molecule has 1 heterocycles. The van der Waals surface area contributed by atoms with E-state index >= 15 is 0 Å². The number of ether oxygens (including phenoxy) is 1. The number of H-pyrrole nitrogens is 1. The minimum atomic E-state index is -0.919. The molecule has 0 radical (unpaired) electrons. The Kier molecular flexibility index (Phi) is 3.81. The molecule has 1 unspecified atom stereocenters. The van der Waals surface area contributed by atoms with E-state index in [4.69, 9.17) is 0 Å². The summed E-state index contributed by atoms with van der Waals surface area (Å²) in [6, 6.07) is 7.81. The van der Waals surface area contributed by atoms with Gasteiger partial charge in [-0.25, -0.2) is 4.79 Å². The lowest BCUT2D eigenvalue weighted by atomic mass is 10.1. The number of hydrogen-bond acceptors (Lipinski definition) is 6. The first-order chi connectivity index (χ1) is 9.22. The van der Waals surface area contributed by atoms with E-state index in [0.717, 1.165) is 0 Å². The third-order valence-electron chi connectivity index (χ3n) is 2.39. The van der Waals surface area contributed by atoms with E-state index in [-0.39, 0.29) is 5.82 Å². The highest BCUT2D eigenvalue weighted by molar-refractivity contribution is 5.93. The quantitative estimate of drug-likeness (QED) is 0.740. The number of amides is 1. The van der Waals surface area contributed by atoms with E-state index in [1.807, 2.05) is 0 Å². The largest absolute Gasteiger partial charge is 0.467 e. The maximum atomic E-state index is 11.8. The third kappa shape index (κ3) is 2.92. The number of hydrogen-bond donors (Lipinski definition) is 2. The number of aromatic nitrogens is 4. The molecule has 1 aromatic carbocycles. The molecule has 2 rings (SSSR count). The maximum Gasteiger partial charge on any atom is 0.333 e. The minimum absolute atomic E-state index is 0.148. The summed E-state index contributed by atoms with van der Waals surface area (Å²) in [6.45, 7) is 0. The second-order valence-electron chi connectivity index (χ2n) is 3.58. The van der Waals surface area contributed by atoms with Crippen molar-refractivity contribution in [3.05, 3.63) is 41.7 Å². The van der Waals surface area contributed by atoms with Crippen molar-refractivity contribution in [1.82, 2.24) is 25.9 Å². The van der Waals surface area contributed by atoms with Gasteiger partial charge in [-0.3, -0.25) is 4.79 Å². The van der Waals surface area contributed by atoms with Gasteiger partial charge in [-0.15, -0.1) is 10.2 Å². The van der Waals surface area contributed by atoms with Gasteiger partial charge in [0.25, 0.3) is 11.7 Å². The van der Waals surface area contributed by atoms with Crippen molar-refractivity contribution in [2.75, 3.05) is 7.11 Å². The Labute approximate surface area is 108 Å². The van der Waals surface area contributed by atoms with Crippen LogP contribution in [0, 0.1) is 0 Å². The molecule has 1 amide bonds. The van der Waals surface area contributed by atoms with Crippen LogP contribution in [-0.4, -0.2) is 39.6 Å². The number of nitrogens with zero attached hydrogens (tertiary/aromatic N) is 3. The van der Waals surface area contributed by atoms with Crippen molar-refractivity contribution < 1.29 is 14.3 Å². The SMILES string of the molecule is COC(=O)C(NC(=O)c1nn[nH]n1)c1ccccc1. The number of nitrogens with one attached hydrogen (secondary N) is 2. The lowest BCUT2D eigenvalue weighted by Gasteiger charge is -2.15. The highest BCUT2D eigenvalue weighted by atomic mass is 16.5. The standard InChI is InChI=1S/C11H11N5O3/c1-19-11(18)8(7-5-3-2-4-6-7)12-10(17)9-13-15-16-14-9/h2-6,8H,1H3,(H,12,17)(H,13,14,15,16). The van der Waals surface area contributed by atoms with E-state index in [9.17, 15) is 9.59 Å².